The second-order valence-corrected chi connectivity index (χ2v) is 8.01. The minimum Gasteiger partial charge on any atom is -0.326 e. The molecule has 3 rings (SSSR count). The van der Waals surface area contributed by atoms with Gasteiger partial charge in [0.1, 0.15) is 6.54 Å². The molecule has 0 radical (unpaired) electrons. The number of carbonyl (C=O) groups is 4. The van der Waals surface area contributed by atoms with Crippen LogP contribution in [0.2, 0.25) is 5.02 Å². The summed E-state index contributed by atoms with van der Waals surface area (Å²) >= 11 is 6.72. The fourth-order valence-corrected chi connectivity index (χ4v) is 3.73. The monoisotopic (exact) mass is 443 g/mol. The van der Waals surface area contributed by atoms with Crippen LogP contribution in [0.5, 0.6) is 0 Å². The number of halogens is 1. The standard InChI is InChI=1S/C21H18ClN3O4S/c1-12-3-6-15(22)10-17(12)24-19(27)11-25-20(28)18(30-21(25)29)9-14-4-7-16(8-5-14)23-13(2)26/h3-10H,11H2,1-2H3,(H,23,26)(H,24,27)/b18-9-. The summed E-state index contributed by atoms with van der Waals surface area (Å²) in [4.78, 5) is 49.4. The quantitative estimate of drug-likeness (QED) is 0.672. The van der Waals surface area contributed by atoms with Crippen molar-refractivity contribution in [3.8, 4) is 0 Å². The van der Waals surface area contributed by atoms with E-state index >= 15 is 0 Å². The molecule has 2 N–H and O–H groups in total. The average molecular weight is 444 g/mol. The summed E-state index contributed by atoms with van der Waals surface area (Å²) < 4.78 is 0. The summed E-state index contributed by atoms with van der Waals surface area (Å²) in [6, 6.07) is 11.9. The number of carbonyl (C=O) groups excluding carboxylic acids is 4. The van der Waals surface area contributed by atoms with Crippen molar-refractivity contribution in [3.63, 3.8) is 0 Å². The second kappa shape index (κ2) is 9.15. The Labute approximate surface area is 182 Å². The van der Waals surface area contributed by atoms with Crippen molar-refractivity contribution in [1.29, 1.82) is 0 Å². The largest absolute Gasteiger partial charge is 0.326 e. The summed E-state index contributed by atoms with van der Waals surface area (Å²) in [5, 5.41) is 5.28. The normalized spacial score (nSPS) is 14.9. The van der Waals surface area contributed by atoms with Gasteiger partial charge in [-0.1, -0.05) is 29.8 Å². The lowest BCUT2D eigenvalue weighted by Crippen LogP contribution is -2.36. The molecule has 0 aromatic heterocycles. The van der Waals surface area contributed by atoms with Crippen LogP contribution in [0.3, 0.4) is 0 Å². The first kappa shape index (κ1) is 21.6. The summed E-state index contributed by atoms with van der Waals surface area (Å²) in [5.74, 6) is -1.22. The molecule has 154 valence electrons. The number of anilines is 2. The maximum Gasteiger partial charge on any atom is 0.294 e. The van der Waals surface area contributed by atoms with Gasteiger partial charge in [-0.15, -0.1) is 0 Å². The van der Waals surface area contributed by atoms with E-state index in [9.17, 15) is 19.2 Å². The van der Waals surface area contributed by atoms with E-state index in [0.717, 1.165) is 22.2 Å². The fourth-order valence-electron chi connectivity index (χ4n) is 2.72. The van der Waals surface area contributed by atoms with Gasteiger partial charge in [0, 0.05) is 23.3 Å². The van der Waals surface area contributed by atoms with Crippen LogP contribution in [0, 0.1) is 6.92 Å². The van der Waals surface area contributed by atoms with Crippen LogP contribution in [0.4, 0.5) is 16.2 Å². The molecule has 1 aliphatic heterocycles. The van der Waals surface area contributed by atoms with Crippen LogP contribution in [0.1, 0.15) is 18.1 Å². The topological polar surface area (TPSA) is 95.6 Å². The van der Waals surface area contributed by atoms with Gasteiger partial charge in [0.05, 0.1) is 4.91 Å². The Kier molecular flexibility index (Phi) is 6.59. The molecule has 1 saturated heterocycles. The maximum absolute atomic E-state index is 12.6. The Morgan fingerprint density at radius 3 is 2.47 bits per heavy atom. The van der Waals surface area contributed by atoms with Crippen molar-refractivity contribution in [2.75, 3.05) is 17.2 Å². The first-order valence-electron chi connectivity index (χ1n) is 8.92. The average Bonchev–Trinajstić information content (AvgIpc) is 2.93. The van der Waals surface area contributed by atoms with Gasteiger partial charge in [-0.25, -0.2) is 0 Å². The van der Waals surface area contributed by atoms with Crippen LogP contribution in [-0.2, 0) is 14.4 Å². The number of imide groups is 1. The molecule has 1 aliphatic rings. The number of hydrogen-bond acceptors (Lipinski definition) is 5. The maximum atomic E-state index is 12.6. The van der Waals surface area contributed by atoms with Gasteiger partial charge >= 0.3 is 0 Å². The van der Waals surface area contributed by atoms with Crippen molar-refractivity contribution < 1.29 is 19.2 Å². The zero-order chi connectivity index (χ0) is 21.8. The van der Waals surface area contributed by atoms with E-state index in [-0.39, 0.29) is 10.8 Å². The summed E-state index contributed by atoms with van der Waals surface area (Å²) in [5.41, 5.74) is 2.65. The molecule has 1 fully saturated rings. The molecule has 30 heavy (non-hydrogen) atoms. The van der Waals surface area contributed by atoms with E-state index in [4.69, 9.17) is 11.6 Å². The predicted molar refractivity (Wildman–Crippen MR) is 118 cm³/mol. The lowest BCUT2D eigenvalue weighted by atomic mass is 10.2. The molecule has 9 heteroatoms. The number of hydrogen-bond donors (Lipinski definition) is 2. The lowest BCUT2D eigenvalue weighted by Gasteiger charge is -2.13. The molecular formula is C21H18ClN3O4S. The van der Waals surface area contributed by atoms with Gasteiger partial charge < -0.3 is 10.6 Å². The second-order valence-electron chi connectivity index (χ2n) is 6.58. The molecule has 0 unspecified atom stereocenters. The van der Waals surface area contributed by atoms with E-state index in [1.807, 2.05) is 6.92 Å². The highest BCUT2D eigenvalue weighted by molar-refractivity contribution is 8.18. The molecular weight excluding hydrogens is 426 g/mol. The highest BCUT2D eigenvalue weighted by Crippen LogP contribution is 2.32. The number of nitrogens with zero attached hydrogens (tertiary/aromatic N) is 1. The molecule has 0 spiro atoms. The molecule has 0 atom stereocenters. The highest BCUT2D eigenvalue weighted by Gasteiger charge is 2.36. The third-order valence-electron chi connectivity index (χ3n) is 4.18. The van der Waals surface area contributed by atoms with Crippen LogP contribution in [0.25, 0.3) is 6.08 Å². The lowest BCUT2D eigenvalue weighted by molar-refractivity contribution is -0.127. The minimum absolute atomic E-state index is 0.185. The van der Waals surface area contributed by atoms with E-state index in [0.29, 0.717) is 22.0 Å². The van der Waals surface area contributed by atoms with Crippen LogP contribution >= 0.6 is 23.4 Å². The number of aryl methyl sites for hydroxylation is 1. The molecule has 1 heterocycles. The van der Waals surface area contributed by atoms with E-state index in [2.05, 4.69) is 10.6 Å². The third kappa shape index (κ3) is 5.28. The Bertz CT molecular complexity index is 1070. The number of benzene rings is 2. The number of rotatable bonds is 5. The van der Waals surface area contributed by atoms with Crippen LogP contribution < -0.4 is 10.6 Å². The van der Waals surface area contributed by atoms with Gasteiger partial charge in [-0.3, -0.25) is 24.1 Å². The minimum atomic E-state index is -0.533. The van der Waals surface area contributed by atoms with Crippen molar-refractivity contribution in [2.45, 2.75) is 13.8 Å². The van der Waals surface area contributed by atoms with Gasteiger partial charge in [-0.05, 0) is 60.2 Å². The van der Waals surface area contributed by atoms with Crippen molar-refractivity contribution >= 4 is 63.8 Å². The Hall–Kier alpha value is -3.10. The van der Waals surface area contributed by atoms with Crippen LogP contribution in [-0.4, -0.2) is 34.4 Å². The third-order valence-corrected chi connectivity index (χ3v) is 5.32. The molecule has 7 nitrogen and oxygen atoms in total. The van der Waals surface area contributed by atoms with E-state index in [1.165, 1.54) is 6.92 Å². The highest BCUT2D eigenvalue weighted by atomic mass is 35.5. The zero-order valence-electron chi connectivity index (χ0n) is 16.2. The Morgan fingerprint density at radius 1 is 1.10 bits per heavy atom. The van der Waals surface area contributed by atoms with Gasteiger partial charge in [0.25, 0.3) is 11.1 Å². The summed E-state index contributed by atoms with van der Waals surface area (Å²) in [6.07, 6.45) is 1.57. The summed E-state index contributed by atoms with van der Waals surface area (Å²) in [7, 11) is 0. The number of nitrogens with one attached hydrogen (secondary N) is 2. The Morgan fingerprint density at radius 2 is 1.80 bits per heavy atom. The SMILES string of the molecule is CC(=O)Nc1ccc(/C=C2\SC(=O)N(CC(=O)Nc3cc(Cl)ccc3C)C2=O)cc1. The van der Waals surface area contributed by atoms with Gasteiger partial charge in [-0.2, -0.15) is 0 Å². The van der Waals surface area contributed by atoms with Crippen molar-refractivity contribution in [3.05, 3.63) is 63.5 Å². The molecule has 2 aromatic carbocycles. The fraction of sp³-hybridized carbons (Fsp3) is 0.143. The smallest absolute Gasteiger partial charge is 0.294 e. The van der Waals surface area contributed by atoms with Gasteiger partial charge in [0.15, 0.2) is 0 Å². The van der Waals surface area contributed by atoms with E-state index in [1.54, 1.807) is 48.5 Å². The van der Waals surface area contributed by atoms with Gasteiger partial charge in [0.2, 0.25) is 11.8 Å². The zero-order valence-corrected chi connectivity index (χ0v) is 17.8. The summed E-state index contributed by atoms with van der Waals surface area (Å²) in [6.45, 7) is 2.83. The first-order chi connectivity index (χ1) is 14.2. The Balaban J connectivity index is 1.68. The first-order valence-corrected chi connectivity index (χ1v) is 10.1. The molecule has 0 bridgehead atoms. The molecule has 0 saturated carbocycles. The number of amides is 4. The molecule has 4 amide bonds. The van der Waals surface area contributed by atoms with Crippen molar-refractivity contribution in [2.24, 2.45) is 0 Å². The van der Waals surface area contributed by atoms with Crippen molar-refractivity contribution in [1.82, 2.24) is 4.90 Å². The van der Waals surface area contributed by atoms with E-state index < -0.39 is 23.6 Å². The van der Waals surface area contributed by atoms with Crippen LogP contribution in [0.15, 0.2) is 47.4 Å². The number of thioether (sulfide) groups is 1. The molecule has 2 aromatic rings. The molecule has 0 aliphatic carbocycles. The predicted octanol–water partition coefficient (Wildman–Crippen LogP) is 4.28.